The summed E-state index contributed by atoms with van der Waals surface area (Å²) in [6.07, 6.45) is 12.4. The van der Waals surface area contributed by atoms with Gasteiger partial charge in [0.15, 0.2) is 0 Å². The molecule has 0 aromatic carbocycles. The first-order chi connectivity index (χ1) is 10.3. The van der Waals surface area contributed by atoms with Gasteiger partial charge in [-0.25, -0.2) is 0 Å². The molecule has 1 radical (unpaired) electrons. The summed E-state index contributed by atoms with van der Waals surface area (Å²) >= 11 is 0. The molecule has 0 atom stereocenters. The molecular formula is C17H27N2O2. The van der Waals surface area contributed by atoms with E-state index in [4.69, 9.17) is 9.47 Å². The Balaban J connectivity index is 1.50. The zero-order valence-corrected chi connectivity index (χ0v) is 13.0. The van der Waals surface area contributed by atoms with Crippen LogP contribution in [0.5, 0.6) is 0 Å². The molecule has 0 aromatic rings. The third-order valence-corrected chi connectivity index (χ3v) is 4.51. The first-order valence-corrected chi connectivity index (χ1v) is 8.24. The van der Waals surface area contributed by atoms with E-state index in [-0.39, 0.29) is 0 Å². The van der Waals surface area contributed by atoms with Gasteiger partial charge in [-0.05, 0) is 51.3 Å². The molecule has 1 aliphatic carbocycles. The quantitative estimate of drug-likeness (QED) is 0.861. The Kier molecular flexibility index (Phi) is 5.20. The highest BCUT2D eigenvalue weighted by atomic mass is 16.5. The highest BCUT2D eigenvalue weighted by molar-refractivity contribution is 5.29. The van der Waals surface area contributed by atoms with Gasteiger partial charge in [-0.2, -0.15) is 0 Å². The van der Waals surface area contributed by atoms with Crippen molar-refractivity contribution in [3.63, 3.8) is 0 Å². The van der Waals surface area contributed by atoms with E-state index in [1.54, 1.807) is 0 Å². The average molecular weight is 291 g/mol. The Labute approximate surface area is 128 Å². The van der Waals surface area contributed by atoms with E-state index in [2.05, 4.69) is 35.8 Å². The van der Waals surface area contributed by atoms with Crippen molar-refractivity contribution in [1.82, 2.24) is 10.2 Å². The molecular weight excluding hydrogens is 264 g/mol. The van der Waals surface area contributed by atoms with Crippen LogP contribution in [-0.2, 0) is 9.47 Å². The number of likely N-dealkylation sites (tertiary alicyclic amines) is 1. The molecule has 4 nitrogen and oxygen atoms in total. The van der Waals surface area contributed by atoms with Crippen LogP contribution in [0.25, 0.3) is 0 Å². The van der Waals surface area contributed by atoms with Gasteiger partial charge in [-0.15, -0.1) is 0 Å². The predicted molar refractivity (Wildman–Crippen MR) is 83.7 cm³/mol. The van der Waals surface area contributed by atoms with Crippen LogP contribution < -0.4 is 5.32 Å². The Morgan fingerprint density at radius 1 is 1.19 bits per heavy atom. The van der Waals surface area contributed by atoms with Crippen molar-refractivity contribution in [3.05, 3.63) is 30.0 Å². The van der Waals surface area contributed by atoms with Gasteiger partial charge in [-0.1, -0.05) is 0 Å². The van der Waals surface area contributed by atoms with Crippen LogP contribution in [0, 0.1) is 6.42 Å². The lowest BCUT2D eigenvalue weighted by Gasteiger charge is -2.31. The molecule has 2 saturated heterocycles. The molecule has 0 spiro atoms. The van der Waals surface area contributed by atoms with Crippen molar-refractivity contribution < 1.29 is 9.47 Å². The van der Waals surface area contributed by atoms with Gasteiger partial charge in [0.1, 0.15) is 11.9 Å². The summed E-state index contributed by atoms with van der Waals surface area (Å²) in [5.74, 6) is 1.04. The van der Waals surface area contributed by atoms with Crippen LogP contribution in [0.15, 0.2) is 23.6 Å². The second-order valence-electron chi connectivity index (χ2n) is 6.30. The molecule has 117 valence electrons. The fourth-order valence-electron chi connectivity index (χ4n) is 3.13. The normalized spacial score (nSPS) is 26.1. The summed E-state index contributed by atoms with van der Waals surface area (Å²) in [5, 5.41) is 3.63. The summed E-state index contributed by atoms with van der Waals surface area (Å²) in [6.45, 7) is 4.03. The van der Waals surface area contributed by atoms with Gasteiger partial charge in [0.2, 0.25) is 0 Å². The van der Waals surface area contributed by atoms with Crippen LogP contribution in [-0.4, -0.2) is 50.4 Å². The number of hydrogen-bond donors (Lipinski definition) is 1. The molecule has 0 unspecified atom stereocenters. The van der Waals surface area contributed by atoms with Crippen molar-refractivity contribution in [2.24, 2.45) is 0 Å². The molecule has 0 saturated carbocycles. The van der Waals surface area contributed by atoms with Gasteiger partial charge in [0.05, 0.1) is 0 Å². The van der Waals surface area contributed by atoms with Crippen molar-refractivity contribution in [3.8, 4) is 0 Å². The van der Waals surface area contributed by atoms with Gasteiger partial charge in [0.25, 0.3) is 0 Å². The molecule has 3 rings (SSSR count). The fraction of sp³-hybridized carbons (Fsp3) is 0.706. The zero-order valence-electron chi connectivity index (χ0n) is 13.0. The standard InChI is InChI=1S/C17H27N2O2/c1-19-9-5-16(6-10-19)21-17-4-2-3-15(13-17)18-14-7-11-20-12-8-14/h3-4,13-14,16,18H,2,5-12H2,1H3. The first-order valence-electron chi connectivity index (χ1n) is 8.24. The van der Waals surface area contributed by atoms with E-state index in [1.807, 2.05) is 0 Å². The monoisotopic (exact) mass is 291 g/mol. The number of rotatable bonds is 4. The number of ether oxygens (including phenoxy) is 2. The molecule has 1 N–H and O–H groups in total. The summed E-state index contributed by atoms with van der Waals surface area (Å²) in [5.41, 5.74) is 1.22. The minimum atomic E-state index is 0.381. The van der Waals surface area contributed by atoms with Crippen molar-refractivity contribution >= 4 is 0 Å². The van der Waals surface area contributed by atoms with Gasteiger partial charge < -0.3 is 19.7 Å². The molecule has 2 heterocycles. The zero-order chi connectivity index (χ0) is 14.5. The summed E-state index contributed by atoms with van der Waals surface area (Å²) in [7, 11) is 2.18. The summed E-state index contributed by atoms with van der Waals surface area (Å²) < 4.78 is 11.6. The largest absolute Gasteiger partial charge is 0.491 e. The van der Waals surface area contributed by atoms with E-state index in [9.17, 15) is 0 Å². The Morgan fingerprint density at radius 2 is 1.95 bits per heavy atom. The smallest absolute Gasteiger partial charge is 0.117 e. The van der Waals surface area contributed by atoms with E-state index in [0.717, 1.165) is 64.2 Å². The van der Waals surface area contributed by atoms with Gasteiger partial charge >= 0.3 is 0 Å². The van der Waals surface area contributed by atoms with Gasteiger partial charge in [-0.3, -0.25) is 0 Å². The molecule has 4 heteroatoms. The Bertz CT molecular complexity index is 392. The molecule has 21 heavy (non-hydrogen) atoms. The van der Waals surface area contributed by atoms with Crippen LogP contribution in [0.3, 0.4) is 0 Å². The molecule has 0 aromatic heterocycles. The number of hydrogen-bond acceptors (Lipinski definition) is 4. The minimum Gasteiger partial charge on any atom is -0.491 e. The predicted octanol–water partition coefficient (Wildman–Crippen LogP) is 2.24. The van der Waals surface area contributed by atoms with Gasteiger partial charge in [0, 0.05) is 44.5 Å². The lowest BCUT2D eigenvalue weighted by Crippen LogP contribution is -2.35. The lowest BCUT2D eigenvalue weighted by atomic mass is 10.0. The van der Waals surface area contributed by atoms with Crippen molar-refractivity contribution in [1.29, 1.82) is 0 Å². The van der Waals surface area contributed by atoms with Crippen LogP contribution >= 0.6 is 0 Å². The topological polar surface area (TPSA) is 33.7 Å². The SMILES string of the molecule is CN1CCC(OC2=CC[CH]C(NC3CCOCC3)=C2)CC1. The third kappa shape index (κ3) is 4.48. The maximum Gasteiger partial charge on any atom is 0.117 e. The van der Waals surface area contributed by atoms with Crippen LogP contribution in [0.2, 0.25) is 0 Å². The van der Waals surface area contributed by atoms with E-state index in [1.165, 1.54) is 5.70 Å². The fourth-order valence-corrected chi connectivity index (χ4v) is 3.13. The summed E-state index contributed by atoms with van der Waals surface area (Å²) in [6, 6.07) is 0.545. The third-order valence-electron chi connectivity index (χ3n) is 4.51. The number of nitrogens with zero attached hydrogens (tertiary/aromatic N) is 1. The van der Waals surface area contributed by atoms with Crippen molar-refractivity contribution in [2.75, 3.05) is 33.4 Å². The second-order valence-corrected chi connectivity index (χ2v) is 6.30. The number of nitrogens with one attached hydrogen (secondary N) is 1. The van der Waals surface area contributed by atoms with Crippen LogP contribution in [0.4, 0.5) is 0 Å². The van der Waals surface area contributed by atoms with Crippen LogP contribution in [0.1, 0.15) is 32.1 Å². The molecule has 2 fully saturated rings. The highest BCUT2D eigenvalue weighted by Gasteiger charge is 2.20. The van der Waals surface area contributed by atoms with E-state index >= 15 is 0 Å². The average Bonchev–Trinajstić information content (AvgIpc) is 2.51. The maximum atomic E-state index is 6.17. The highest BCUT2D eigenvalue weighted by Crippen LogP contribution is 2.22. The van der Waals surface area contributed by atoms with E-state index < -0.39 is 0 Å². The number of allylic oxidation sites excluding steroid dienone is 3. The Morgan fingerprint density at radius 3 is 2.71 bits per heavy atom. The second kappa shape index (κ2) is 7.32. The first kappa shape index (κ1) is 14.9. The molecule has 3 aliphatic rings. The lowest BCUT2D eigenvalue weighted by molar-refractivity contribution is 0.0630. The molecule has 0 amide bonds. The Hall–Kier alpha value is -1.00. The van der Waals surface area contributed by atoms with E-state index in [0.29, 0.717) is 12.1 Å². The number of piperidine rings is 1. The minimum absolute atomic E-state index is 0.381. The van der Waals surface area contributed by atoms with Crippen molar-refractivity contribution in [2.45, 2.75) is 44.2 Å². The maximum absolute atomic E-state index is 6.17. The molecule has 2 aliphatic heterocycles. The summed E-state index contributed by atoms with van der Waals surface area (Å²) in [4.78, 5) is 2.37. The molecule has 0 bridgehead atoms.